The molecule has 20 heavy (non-hydrogen) atoms. The number of aryl methyl sites for hydroxylation is 1. The molecule has 1 aromatic carbocycles. The lowest BCUT2D eigenvalue weighted by molar-refractivity contribution is -0.135. The molecule has 0 aliphatic heterocycles. The maximum Gasteiger partial charge on any atom is 0.389 e. The number of unbranched alkanes of at least 4 members (excludes halogenated alkanes) is 6. The Hall–Kier alpha value is -0.260. The molecule has 0 N–H and O–H groups in total. The first-order chi connectivity index (χ1) is 9.47. The highest BCUT2D eigenvalue weighted by atomic mass is 127. The van der Waals surface area contributed by atoms with E-state index in [0.29, 0.717) is 6.42 Å². The average Bonchev–Trinajstić information content (AvgIpc) is 2.35. The van der Waals surface area contributed by atoms with Gasteiger partial charge in [0.05, 0.1) is 0 Å². The van der Waals surface area contributed by atoms with E-state index in [-0.39, 0.29) is 6.42 Å². The summed E-state index contributed by atoms with van der Waals surface area (Å²) < 4.78 is 37.0. The monoisotopic (exact) mass is 398 g/mol. The summed E-state index contributed by atoms with van der Waals surface area (Å²) in [5.74, 6) is 0. The molecule has 4 heteroatoms. The predicted molar refractivity (Wildman–Crippen MR) is 85.9 cm³/mol. The molecule has 0 aromatic heterocycles. The second kappa shape index (κ2) is 9.64. The van der Waals surface area contributed by atoms with Crippen LogP contribution in [0.3, 0.4) is 0 Å². The largest absolute Gasteiger partial charge is 0.389 e. The van der Waals surface area contributed by atoms with E-state index in [0.717, 1.165) is 25.7 Å². The molecule has 1 aromatic rings. The van der Waals surface area contributed by atoms with E-state index in [1.165, 1.54) is 22.0 Å². The van der Waals surface area contributed by atoms with Crippen molar-refractivity contribution in [1.82, 2.24) is 0 Å². The Morgan fingerprint density at radius 3 is 2.05 bits per heavy atom. The van der Waals surface area contributed by atoms with Crippen LogP contribution in [0.25, 0.3) is 0 Å². The summed E-state index contributed by atoms with van der Waals surface area (Å²) in [5.41, 5.74) is 1.38. The summed E-state index contributed by atoms with van der Waals surface area (Å²) in [4.78, 5) is 0. The fourth-order valence-corrected chi connectivity index (χ4v) is 2.84. The molecular weight excluding hydrogens is 376 g/mol. The highest BCUT2D eigenvalue weighted by molar-refractivity contribution is 14.1. The topological polar surface area (TPSA) is 0 Å². The predicted octanol–water partition coefficient (Wildman–Crippen LogP) is 6.52. The first-order valence-electron chi connectivity index (χ1n) is 7.28. The van der Waals surface area contributed by atoms with Crippen LogP contribution >= 0.6 is 22.6 Å². The zero-order valence-corrected chi connectivity index (χ0v) is 13.8. The van der Waals surface area contributed by atoms with Gasteiger partial charge in [0.1, 0.15) is 0 Å². The minimum Gasteiger partial charge on any atom is -0.171 e. The van der Waals surface area contributed by atoms with Crippen molar-refractivity contribution in [2.75, 3.05) is 0 Å². The highest BCUT2D eigenvalue weighted by Gasteiger charge is 2.25. The van der Waals surface area contributed by atoms with Crippen LogP contribution < -0.4 is 0 Å². The average molecular weight is 398 g/mol. The molecular formula is C16H22F3I. The second-order valence-corrected chi connectivity index (χ2v) is 6.47. The Morgan fingerprint density at radius 1 is 0.850 bits per heavy atom. The van der Waals surface area contributed by atoms with Crippen LogP contribution in [0.2, 0.25) is 0 Å². The first kappa shape index (κ1) is 17.8. The van der Waals surface area contributed by atoms with Gasteiger partial charge in [0.25, 0.3) is 0 Å². The Morgan fingerprint density at radius 2 is 1.45 bits per heavy atom. The third-order valence-corrected chi connectivity index (χ3v) is 3.99. The summed E-state index contributed by atoms with van der Waals surface area (Å²) in [6.45, 7) is 0. The first-order valence-corrected chi connectivity index (χ1v) is 8.36. The maximum absolute atomic E-state index is 11.9. The molecule has 0 atom stereocenters. The van der Waals surface area contributed by atoms with Gasteiger partial charge in [-0.1, -0.05) is 44.2 Å². The minimum atomic E-state index is -3.98. The number of rotatable bonds is 9. The smallest absolute Gasteiger partial charge is 0.171 e. The molecule has 0 nitrogen and oxygen atoms in total. The van der Waals surface area contributed by atoms with Gasteiger partial charge >= 0.3 is 6.18 Å². The fraction of sp³-hybridized carbons (Fsp3) is 0.625. The van der Waals surface area contributed by atoms with E-state index in [9.17, 15) is 13.2 Å². The maximum atomic E-state index is 11.9. The second-order valence-electron chi connectivity index (χ2n) is 5.22. The number of alkyl halides is 3. The molecule has 0 unspecified atom stereocenters. The zero-order valence-electron chi connectivity index (χ0n) is 11.7. The van der Waals surface area contributed by atoms with Crippen molar-refractivity contribution in [2.24, 2.45) is 0 Å². The third-order valence-electron chi connectivity index (χ3n) is 3.31. The quantitative estimate of drug-likeness (QED) is 0.328. The molecule has 0 saturated heterocycles. The van der Waals surface area contributed by atoms with Crippen molar-refractivity contribution >= 4 is 22.6 Å². The molecule has 0 spiro atoms. The fourth-order valence-electron chi connectivity index (χ4n) is 2.23. The number of benzene rings is 1. The van der Waals surface area contributed by atoms with E-state index >= 15 is 0 Å². The lowest BCUT2D eigenvalue weighted by atomic mass is 10.0. The Kier molecular flexibility index (Phi) is 8.57. The molecule has 0 radical (unpaired) electrons. The van der Waals surface area contributed by atoms with Crippen LogP contribution in [-0.2, 0) is 6.42 Å². The Bertz CT molecular complexity index is 374. The van der Waals surface area contributed by atoms with Gasteiger partial charge in [-0.2, -0.15) is 13.2 Å². The van der Waals surface area contributed by atoms with Gasteiger partial charge in [0.15, 0.2) is 0 Å². The molecule has 0 fully saturated rings. The summed E-state index contributed by atoms with van der Waals surface area (Å²) >= 11 is 2.32. The van der Waals surface area contributed by atoms with E-state index in [2.05, 4.69) is 46.9 Å². The van der Waals surface area contributed by atoms with Crippen LogP contribution in [-0.4, -0.2) is 6.18 Å². The summed E-state index contributed by atoms with van der Waals surface area (Å²) in [5, 5.41) is 0. The molecule has 0 heterocycles. The van der Waals surface area contributed by atoms with Crippen LogP contribution in [0.5, 0.6) is 0 Å². The van der Waals surface area contributed by atoms with Crippen LogP contribution in [0.1, 0.15) is 56.9 Å². The zero-order chi connectivity index (χ0) is 14.8. The van der Waals surface area contributed by atoms with Crippen molar-refractivity contribution in [1.29, 1.82) is 0 Å². The van der Waals surface area contributed by atoms with Crippen molar-refractivity contribution in [2.45, 2.75) is 64.0 Å². The third kappa shape index (κ3) is 9.61. The molecule has 0 aliphatic carbocycles. The van der Waals surface area contributed by atoms with Crippen molar-refractivity contribution < 1.29 is 13.2 Å². The van der Waals surface area contributed by atoms with Gasteiger partial charge in [0.2, 0.25) is 0 Å². The number of hydrogen-bond acceptors (Lipinski definition) is 0. The summed E-state index contributed by atoms with van der Waals surface area (Å²) in [6, 6.07) is 8.53. The van der Waals surface area contributed by atoms with E-state index in [1.807, 2.05) is 0 Å². The van der Waals surface area contributed by atoms with Crippen molar-refractivity contribution in [3.63, 3.8) is 0 Å². The van der Waals surface area contributed by atoms with Gasteiger partial charge in [-0.15, -0.1) is 0 Å². The molecule has 0 aliphatic rings. The molecule has 114 valence electrons. The van der Waals surface area contributed by atoms with Gasteiger partial charge in [-0.3, -0.25) is 0 Å². The van der Waals surface area contributed by atoms with Gasteiger partial charge in [-0.05, 0) is 59.5 Å². The molecule has 0 saturated carbocycles. The molecule has 1 rings (SSSR count). The molecule has 0 amide bonds. The van der Waals surface area contributed by atoms with Gasteiger partial charge in [-0.25, -0.2) is 0 Å². The normalized spacial score (nSPS) is 11.8. The minimum absolute atomic E-state index is 0.284. The lowest BCUT2D eigenvalue weighted by Crippen LogP contribution is -2.06. The molecule has 0 bridgehead atoms. The SMILES string of the molecule is FC(F)(F)CCCCCCCCCc1cccc(I)c1. The van der Waals surface area contributed by atoms with Gasteiger partial charge in [0, 0.05) is 9.99 Å². The van der Waals surface area contributed by atoms with Gasteiger partial charge < -0.3 is 0 Å². The van der Waals surface area contributed by atoms with Crippen LogP contribution in [0, 0.1) is 3.57 Å². The van der Waals surface area contributed by atoms with E-state index in [4.69, 9.17) is 0 Å². The Balaban J connectivity index is 1.93. The Labute approximate surface area is 133 Å². The van der Waals surface area contributed by atoms with Crippen molar-refractivity contribution in [3.8, 4) is 0 Å². The number of hydrogen-bond donors (Lipinski definition) is 0. The number of halogens is 4. The van der Waals surface area contributed by atoms with Crippen molar-refractivity contribution in [3.05, 3.63) is 33.4 Å². The van der Waals surface area contributed by atoms with Crippen LogP contribution in [0.15, 0.2) is 24.3 Å². The van der Waals surface area contributed by atoms with E-state index < -0.39 is 12.6 Å². The standard InChI is InChI=1S/C16H22F3I/c17-16(18,19)12-7-5-3-1-2-4-6-9-14-10-8-11-15(20)13-14/h8,10-11,13H,1-7,9,12H2. The van der Waals surface area contributed by atoms with Crippen LogP contribution in [0.4, 0.5) is 13.2 Å². The summed E-state index contributed by atoms with van der Waals surface area (Å²) in [6.07, 6.45) is 2.95. The highest BCUT2D eigenvalue weighted by Crippen LogP contribution is 2.23. The summed E-state index contributed by atoms with van der Waals surface area (Å²) in [7, 11) is 0. The lowest BCUT2D eigenvalue weighted by Gasteiger charge is -2.06. The van der Waals surface area contributed by atoms with E-state index in [1.54, 1.807) is 0 Å².